The van der Waals surface area contributed by atoms with Crippen molar-refractivity contribution < 1.29 is 14.7 Å². The highest BCUT2D eigenvalue weighted by molar-refractivity contribution is 7.20. The second-order valence-electron chi connectivity index (χ2n) is 4.40. The first-order valence-corrected chi connectivity index (χ1v) is 6.62. The molecule has 5 nitrogen and oxygen atoms in total. The van der Waals surface area contributed by atoms with Crippen LogP contribution >= 0.6 is 11.3 Å². The van der Waals surface area contributed by atoms with Crippen LogP contribution in [0.2, 0.25) is 0 Å². The predicted octanol–water partition coefficient (Wildman–Crippen LogP) is 2.12. The number of aryl methyl sites for hydroxylation is 2. The zero-order valence-corrected chi connectivity index (χ0v) is 11.7. The van der Waals surface area contributed by atoms with Gasteiger partial charge in [0.2, 0.25) is 0 Å². The summed E-state index contributed by atoms with van der Waals surface area (Å²) in [6.07, 6.45) is 1.70. The van der Waals surface area contributed by atoms with Crippen molar-refractivity contribution >= 4 is 33.4 Å². The summed E-state index contributed by atoms with van der Waals surface area (Å²) < 4.78 is 0. The lowest BCUT2D eigenvalue weighted by atomic mass is 10.1. The van der Waals surface area contributed by atoms with Crippen LogP contribution in [0.1, 0.15) is 27.7 Å². The number of carbonyl (C=O) groups excluding carboxylic acids is 1. The van der Waals surface area contributed by atoms with Gasteiger partial charge in [0.15, 0.2) is 0 Å². The highest BCUT2D eigenvalue weighted by Crippen LogP contribution is 2.31. The Balaban J connectivity index is 2.41. The Kier molecular flexibility index (Phi) is 3.53. The number of rotatable bonds is 3. The van der Waals surface area contributed by atoms with E-state index in [1.54, 1.807) is 6.20 Å². The van der Waals surface area contributed by atoms with Crippen LogP contribution < -0.4 is 5.32 Å². The number of fused-ring (bicyclic) bond motifs is 1. The number of carbonyl (C=O) groups is 2. The summed E-state index contributed by atoms with van der Waals surface area (Å²) in [6, 6.07) is 0.982. The van der Waals surface area contributed by atoms with Crippen LogP contribution in [0, 0.1) is 13.8 Å². The van der Waals surface area contributed by atoms with Gasteiger partial charge in [-0.25, -0.2) is 4.98 Å². The Morgan fingerprint density at radius 2 is 2.11 bits per heavy atom. The van der Waals surface area contributed by atoms with Gasteiger partial charge in [-0.05, 0) is 38.0 Å². The van der Waals surface area contributed by atoms with Gasteiger partial charge in [-0.2, -0.15) is 0 Å². The minimum Gasteiger partial charge on any atom is -0.480 e. The van der Waals surface area contributed by atoms with Crippen molar-refractivity contribution in [1.82, 2.24) is 10.3 Å². The van der Waals surface area contributed by atoms with Crippen molar-refractivity contribution in [2.24, 2.45) is 0 Å². The summed E-state index contributed by atoms with van der Waals surface area (Å²) in [5.74, 6) is -1.42. The third-order valence-corrected chi connectivity index (χ3v) is 4.16. The zero-order valence-electron chi connectivity index (χ0n) is 10.9. The lowest BCUT2D eigenvalue weighted by Gasteiger charge is -2.08. The van der Waals surface area contributed by atoms with E-state index in [1.807, 2.05) is 19.9 Å². The minimum absolute atomic E-state index is 0.366. The van der Waals surface area contributed by atoms with Crippen LogP contribution in [0.4, 0.5) is 0 Å². The molecular weight excluding hydrogens is 264 g/mol. The van der Waals surface area contributed by atoms with Crippen LogP contribution in [0.25, 0.3) is 10.2 Å². The number of nitrogens with one attached hydrogen (secondary N) is 1. The molecule has 0 aliphatic carbocycles. The monoisotopic (exact) mass is 278 g/mol. The fraction of sp³-hybridized carbons (Fsp3) is 0.308. The summed E-state index contributed by atoms with van der Waals surface area (Å²) >= 11 is 1.28. The lowest BCUT2D eigenvalue weighted by molar-refractivity contribution is -0.138. The molecule has 2 N–H and O–H groups in total. The molecule has 0 aliphatic heterocycles. The third-order valence-electron chi connectivity index (χ3n) is 2.96. The molecule has 1 amide bonds. The molecule has 0 fully saturated rings. The lowest BCUT2D eigenvalue weighted by Crippen LogP contribution is -2.38. The highest BCUT2D eigenvalue weighted by atomic mass is 32.1. The van der Waals surface area contributed by atoms with Gasteiger partial charge in [0, 0.05) is 11.6 Å². The van der Waals surface area contributed by atoms with Gasteiger partial charge in [0.05, 0.1) is 4.88 Å². The van der Waals surface area contributed by atoms with Gasteiger partial charge in [0.1, 0.15) is 10.9 Å². The van der Waals surface area contributed by atoms with E-state index in [4.69, 9.17) is 5.11 Å². The van der Waals surface area contributed by atoms with Crippen LogP contribution in [0.3, 0.4) is 0 Å². The summed E-state index contributed by atoms with van der Waals surface area (Å²) in [5, 5.41) is 12.2. The molecule has 0 spiro atoms. The number of carboxylic acid groups (broad SMARTS) is 1. The maximum Gasteiger partial charge on any atom is 0.325 e. The molecule has 2 aromatic rings. The van der Waals surface area contributed by atoms with E-state index in [1.165, 1.54) is 18.3 Å². The van der Waals surface area contributed by atoms with Crippen molar-refractivity contribution in [3.05, 3.63) is 28.3 Å². The normalized spacial score (nSPS) is 12.4. The number of amides is 1. The van der Waals surface area contributed by atoms with Crippen molar-refractivity contribution in [1.29, 1.82) is 0 Å². The van der Waals surface area contributed by atoms with E-state index < -0.39 is 12.0 Å². The third kappa shape index (κ3) is 2.44. The minimum atomic E-state index is -1.05. The molecule has 0 radical (unpaired) electrons. The van der Waals surface area contributed by atoms with Crippen molar-refractivity contribution in [3.8, 4) is 0 Å². The van der Waals surface area contributed by atoms with Gasteiger partial charge >= 0.3 is 5.97 Å². The van der Waals surface area contributed by atoms with Crippen LogP contribution in [0.15, 0.2) is 12.3 Å². The molecule has 19 heavy (non-hydrogen) atoms. The smallest absolute Gasteiger partial charge is 0.325 e. The number of hydrogen-bond donors (Lipinski definition) is 2. The van der Waals surface area contributed by atoms with Gasteiger partial charge in [0.25, 0.3) is 5.91 Å². The molecule has 0 saturated heterocycles. The first kappa shape index (κ1) is 13.5. The van der Waals surface area contributed by atoms with E-state index in [0.717, 1.165) is 21.3 Å². The summed E-state index contributed by atoms with van der Waals surface area (Å²) in [6.45, 7) is 5.26. The van der Waals surface area contributed by atoms with Gasteiger partial charge in [-0.3, -0.25) is 9.59 Å². The first-order valence-electron chi connectivity index (χ1n) is 5.80. The summed E-state index contributed by atoms with van der Waals surface area (Å²) in [5.41, 5.74) is 1.91. The Bertz CT molecular complexity index is 663. The molecule has 2 rings (SSSR count). The number of nitrogens with zero attached hydrogens (tertiary/aromatic N) is 1. The fourth-order valence-corrected chi connectivity index (χ4v) is 3.02. The zero-order chi connectivity index (χ0) is 14.2. The van der Waals surface area contributed by atoms with E-state index in [9.17, 15) is 9.59 Å². The van der Waals surface area contributed by atoms with Gasteiger partial charge in [-0.15, -0.1) is 11.3 Å². The second-order valence-corrected chi connectivity index (χ2v) is 5.40. The molecule has 1 atom stereocenters. The molecular formula is C13H14N2O3S. The standard InChI is InChI=1S/C13H14N2O3S/c1-6-4-5-14-12-9(6)7(2)10(19-12)11(16)15-8(3)13(17)18/h4-5,8H,1-3H3,(H,15,16)(H,17,18). The van der Waals surface area contributed by atoms with E-state index in [2.05, 4.69) is 10.3 Å². The molecule has 0 aliphatic rings. The van der Waals surface area contributed by atoms with E-state index in [0.29, 0.717) is 4.88 Å². The average Bonchev–Trinajstić information content (AvgIpc) is 2.68. The maximum absolute atomic E-state index is 12.1. The maximum atomic E-state index is 12.1. The van der Waals surface area contributed by atoms with Gasteiger partial charge in [-0.1, -0.05) is 0 Å². The van der Waals surface area contributed by atoms with Crippen LogP contribution in [-0.4, -0.2) is 28.0 Å². The molecule has 2 aromatic heterocycles. The number of aromatic nitrogens is 1. The number of aliphatic carboxylic acids is 1. The van der Waals surface area contributed by atoms with Gasteiger partial charge < -0.3 is 10.4 Å². The largest absolute Gasteiger partial charge is 0.480 e. The number of pyridine rings is 1. The summed E-state index contributed by atoms with van der Waals surface area (Å²) in [4.78, 5) is 28.4. The quantitative estimate of drug-likeness (QED) is 0.901. The Morgan fingerprint density at radius 3 is 2.68 bits per heavy atom. The predicted molar refractivity (Wildman–Crippen MR) is 73.7 cm³/mol. The van der Waals surface area contributed by atoms with Crippen LogP contribution in [0.5, 0.6) is 0 Å². The molecule has 2 heterocycles. The Labute approximate surface area is 114 Å². The van der Waals surface area contributed by atoms with Crippen LogP contribution in [-0.2, 0) is 4.79 Å². The highest BCUT2D eigenvalue weighted by Gasteiger charge is 2.20. The second kappa shape index (κ2) is 4.97. The van der Waals surface area contributed by atoms with Crippen molar-refractivity contribution in [3.63, 3.8) is 0 Å². The van der Waals surface area contributed by atoms with Crippen molar-refractivity contribution in [2.75, 3.05) is 0 Å². The molecule has 100 valence electrons. The topological polar surface area (TPSA) is 79.3 Å². The fourth-order valence-electron chi connectivity index (χ4n) is 1.89. The molecule has 6 heteroatoms. The summed E-state index contributed by atoms with van der Waals surface area (Å²) in [7, 11) is 0. The molecule has 0 bridgehead atoms. The molecule has 0 aromatic carbocycles. The number of carboxylic acids is 1. The average molecular weight is 278 g/mol. The van der Waals surface area contributed by atoms with Crippen molar-refractivity contribution in [2.45, 2.75) is 26.8 Å². The molecule has 1 unspecified atom stereocenters. The Morgan fingerprint density at radius 1 is 1.42 bits per heavy atom. The number of thiophene rings is 1. The molecule has 0 saturated carbocycles. The first-order chi connectivity index (χ1) is 8.91. The number of hydrogen-bond acceptors (Lipinski definition) is 4. The SMILES string of the molecule is Cc1ccnc2sc(C(=O)NC(C)C(=O)O)c(C)c12. The van der Waals surface area contributed by atoms with E-state index >= 15 is 0 Å². The Hall–Kier alpha value is -1.95. The van der Waals surface area contributed by atoms with E-state index in [-0.39, 0.29) is 5.91 Å².